The summed E-state index contributed by atoms with van der Waals surface area (Å²) in [6.45, 7) is 3.31. The first-order chi connectivity index (χ1) is 8.44. The van der Waals surface area contributed by atoms with Gasteiger partial charge in [0.25, 0.3) is 0 Å². The van der Waals surface area contributed by atoms with E-state index in [9.17, 15) is 9.90 Å². The second-order valence-corrected chi connectivity index (χ2v) is 5.07. The summed E-state index contributed by atoms with van der Waals surface area (Å²) < 4.78 is 0. The van der Waals surface area contributed by atoms with Gasteiger partial charge >= 0.3 is 5.97 Å². The molecule has 0 radical (unpaired) electrons. The highest BCUT2D eigenvalue weighted by molar-refractivity contribution is 5.87. The molecule has 0 aliphatic heterocycles. The van der Waals surface area contributed by atoms with Crippen molar-refractivity contribution in [3.05, 3.63) is 48.0 Å². The molecule has 0 spiro atoms. The van der Waals surface area contributed by atoms with Gasteiger partial charge in [0.15, 0.2) is 0 Å². The first-order valence-electron chi connectivity index (χ1n) is 5.91. The average molecular weight is 243 g/mol. The molecule has 2 aromatic rings. The zero-order valence-electron chi connectivity index (χ0n) is 10.6. The van der Waals surface area contributed by atoms with E-state index in [0.29, 0.717) is 0 Å². The number of fused-ring (bicyclic) bond motifs is 1. The fraction of sp³-hybridized carbons (Fsp3) is 0.267. The molecular weight excluding hydrogens is 226 g/mol. The third kappa shape index (κ3) is 1.97. The van der Waals surface area contributed by atoms with Gasteiger partial charge in [0.2, 0.25) is 0 Å². The van der Waals surface area contributed by atoms with Crippen molar-refractivity contribution >= 4 is 16.7 Å². The Kier molecular flexibility index (Phi) is 3.09. The molecule has 0 aliphatic carbocycles. The summed E-state index contributed by atoms with van der Waals surface area (Å²) in [5.74, 6) is -0.886. The monoisotopic (exact) mass is 243 g/mol. The van der Waals surface area contributed by atoms with Gasteiger partial charge in [-0.1, -0.05) is 42.5 Å². The third-order valence-electron chi connectivity index (χ3n) is 3.49. The van der Waals surface area contributed by atoms with Gasteiger partial charge in [-0.2, -0.15) is 0 Å². The number of nitrogens with two attached hydrogens (primary N) is 1. The normalized spacial score (nSPS) is 13.5. The zero-order valence-corrected chi connectivity index (χ0v) is 10.6. The summed E-state index contributed by atoms with van der Waals surface area (Å²) >= 11 is 0. The summed E-state index contributed by atoms with van der Waals surface area (Å²) in [6, 6.07) is 13.1. The number of aliphatic carboxylic acids is 1. The van der Waals surface area contributed by atoms with E-state index < -0.39 is 17.4 Å². The third-order valence-corrected chi connectivity index (χ3v) is 3.49. The summed E-state index contributed by atoms with van der Waals surface area (Å²) in [5, 5.41) is 11.4. The fourth-order valence-corrected chi connectivity index (χ4v) is 2.04. The lowest BCUT2D eigenvalue weighted by Crippen LogP contribution is -2.36. The van der Waals surface area contributed by atoms with Gasteiger partial charge in [-0.3, -0.25) is 4.79 Å². The molecule has 0 saturated carbocycles. The van der Waals surface area contributed by atoms with Gasteiger partial charge in [0.05, 0.1) is 5.41 Å². The van der Waals surface area contributed by atoms with Crippen LogP contribution in [0.3, 0.4) is 0 Å². The number of rotatable bonds is 3. The molecule has 18 heavy (non-hydrogen) atoms. The minimum atomic E-state index is -0.996. The van der Waals surface area contributed by atoms with E-state index in [1.807, 2.05) is 42.5 Å². The van der Waals surface area contributed by atoms with Gasteiger partial charge in [-0.05, 0) is 30.2 Å². The van der Waals surface area contributed by atoms with Gasteiger partial charge in [0.1, 0.15) is 0 Å². The predicted octanol–water partition coefficient (Wildman–Crippen LogP) is 2.95. The topological polar surface area (TPSA) is 63.3 Å². The Hall–Kier alpha value is -1.87. The Balaban J connectivity index is 2.58. The van der Waals surface area contributed by atoms with Crippen molar-refractivity contribution in [1.29, 1.82) is 0 Å². The van der Waals surface area contributed by atoms with Crippen LogP contribution in [-0.4, -0.2) is 11.1 Å². The highest BCUT2D eigenvalue weighted by Gasteiger charge is 2.36. The second-order valence-electron chi connectivity index (χ2n) is 5.07. The van der Waals surface area contributed by atoms with Crippen molar-refractivity contribution < 1.29 is 9.90 Å². The lowest BCUT2D eigenvalue weighted by molar-refractivity contribution is -0.148. The summed E-state index contributed by atoms with van der Waals surface area (Å²) in [4.78, 5) is 11.3. The molecule has 0 fully saturated rings. The fourth-order valence-electron chi connectivity index (χ4n) is 2.04. The minimum Gasteiger partial charge on any atom is -0.481 e. The molecule has 0 aromatic heterocycles. The number of carbonyl (C=O) groups is 1. The quantitative estimate of drug-likeness (QED) is 0.871. The SMILES string of the molecule is CC(C)(C(=O)O)C(N)c1cccc2ccccc12. The number of carboxylic acid groups (broad SMARTS) is 1. The Morgan fingerprint density at radius 2 is 1.78 bits per heavy atom. The number of hydrogen-bond donors (Lipinski definition) is 2. The van der Waals surface area contributed by atoms with E-state index in [4.69, 9.17) is 5.73 Å². The molecular formula is C15H17NO2. The highest BCUT2D eigenvalue weighted by atomic mass is 16.4. The first-order valence-corrected chi connectivity index (χ1v) is 5.91. The van der Waals surface area contributed by atoms with Crippen molar-refractivity contribution in [3.8, 4) is 0 Å². The van der Waals surface area contributed by atoms with Crippen LogP contribution in [0.25, 0.3) is 10.8 Å². The van der Waals surface area contributed by atoms with Gasteiger partial charge in [0, 0.05) is 6.04 Å². The van der Waals surface area contributed by atoms with E-state index >= 15 is 0 Å². The maximum absolute atomic E-state index is 11.3. The predicted molar refractivity (Wildman–Crippen MR) is 72.3 cm³/mol. The maximum Gasteiger partial charge on any atom is 0.311 e. The number of carboxylic acids is 1. The molecule has 2 aromatic carbocycles. The number of hydrogen-bond acceptors (Lipinski definition) is 2. The zero-order chi connectivity index (χ0) is 13.3. The van der Waals surface area contributed by atoms with Crippen LogP contribution >= 0.6 is 0 Å². The minimum absolute atomic E-state index is 0.541. The van der Waals surface area contributed by atoms with Crippen LogP contribution < -0.4 is 5.73 Å². The van der Waals surface area contributed by atoms with Crippen molar-refractivity contribution in [3.63, 3.8) is 0 Å². The Bertz CT molecular complexity index is 585. The first kappa shape index (κ1) is 12.6. The Morgan fingerprint density at radius 3 is 2.44 bits per heavy atom. The van der Waals surface area contributed by atoms with Gasteiger partial charge in [-0.15, -0.1) is 0 Å². The van der Waals surface area contributed by atoms with E-state index in [1.165, 1.54) is 0 Å². The molecule has 0 heterocycles. The van der Waals surface area contributed by atoms with Crippen molar-refractivity contribution in [2.75, 3.05) is 0 Å². The van der Waals surface area contributed by atoms with Crippen LogP contribution in [0.4, 0.5) is 0 Å². The van der Waals surface area contributed by atoms with Gasteiger partial charge in [-0.25, -0.2) is 0 Å². The molecule has 94 valence electrons. The van der Waals surface area contributed by atoms with E-state index in [0.717, 1.165) is 16.3 Å². The molecule has 0 bridgehead atoms. The standard InChI is InChI=1S/C15H17NO2/c1-15(2,14(17)18)13(16)12-9-5-7-10-6-3-4-8-11(10)12/h3-9,13H,16H2,1-2H3,(H,17,18). The molecule has 1 unspecified atom stereocenters. The van der Waals surface area contributed by atoms with Crippen LogP contribution in [0.5, 0.6) is 0 Å². The van der Waals surface area contributed by atoms with Crippen LogP contribution in [0.2, 0.25) is 0 Å². The molecule has 1 atom stereocenters. The molecule has 3 N–H and O–H groups in total. The highest BCUT2D eigenvalue weighted by Crippen LogP contribution is 2.35. The van der Waals surface area contributed by atoms with Crippen LogP contribution in [0.1, 0.15) is 25.5 Å². The van der Waals surface area contributed by atoms with E-state index in [-0.39, 0.29) is 0 Å². The largest absolute Gasteiger partial charge is 0.481 e. The second kappa shape index (κ2) is 4.42. The maximum atomic E-state index is 11.3. The smallest absolute Gasteiger partial charge is 0.311 e. The van der Waals surface area contributed by atoms with E-state index in [1.54, 1.807) is 13.8 Å². The molecule has 0 amide bonds. The van der Waals surface area contributed by atoms with E-state index in [2.05, 4.69) is 0 Å². The number of benzene rings is 2. The Labute approximate surface area is 106 Å². The molecule has 0 aliphatic rings. The van der Waals surface area contributed by atoms with Crippen LogP contribution in [-0.2, 0) is 4.79 Å². The summed E-state index contributed by atoms with van der Waals surface area (Å²) in [6.07, 6.45) is 0. The lowest BCUT2D eigenvalue weighted by Gasteiger charge is -2.28. The Morgan fingerprint density at radius 1 is 1.17 bits per heavy atom. The molecule has 0 saturated heterocycles. The molecule has 2 rings (SSSR count). The van der Waals surface area contributed by atoms with Crippen molar-refractivity contribution in [2.45, 2.75) is 19.9 Å². The van der Waals surface area contributed by atoms with Crippen molar-refractivity contribution in [1.82, 2.24) is 0 Å². The van der Waals surface area contributed by atoms with Crippen molar-refractivity contribution in [2.24, 2.45) is 11.1 Å². The van der Waals surface area contributed by atoms with Crippen LogP contribution in [0, 0.1) is 5.41 Å². The average Bonchev–Trinajstić information content (AvgIpc) is 2.37. The lowest BCUT2D eigenvalue weighted by atomic mass is 9.79. The summed E-state index contributed by atoms with van der Waals surface area (Å²) in [5.41, 5.74) is 6.04. The van der Waals surface area contributed by atoms with Gasteiger partial charge < -0.3 is 10.8 Å². The molecule has 3 nitrogen and oxygen atoms in total. The molecule has 3 heteroatoms. The summed E-state index contributed by atoms with van der Waals surface area (Å²) in [7, 11) is 0. The van der Waals surface area contributed by atoms with Crippen LogP contribution in [0.15, 0.2) is 42.5 Å².